The number of imidazole rings is 1. The van der Waals surface area contributed by atoms with Crippen molar-refractivity contribution < 1.29 is 4.74 Å². The van der Waals surface area contributed by atoms with Crippen LogP contribution >= 0.6 is 11.8 Å². The summed E-state index contributed by atoms with van der Waals surface area (Å²) in [5.74, 6) is 1.90. The first kappa shape index (κ1) is 14.2. The Morgan fingerprint density at radius 2 is 2.26 bits per heavy atom. The fourth-order valence-electron chi connectivity index (χ4n) is 1.79. The van der Waals surface area contributed by atoms with Gasteiger partial charge < -0.3 is 15.0 Å². The van der Waals surface area contributed by atoms with Crippen LogP contribution in [0.2, 0.25) is 0 Å². The van der Waals surface area contributed by atoms with E-state index >= 15 is 0 Å². The number of H-pyrrole nitrogens is 1. The molecule has 0 aliphatic heterocycles. The van der Waals surface area contributed by atoms with Gasteiger partial charge in [-0.15, -0.1) is 0 Å². The third-order valence-corrected chi connectivity index (χ3v) is 3.51. The molecule has 0 bridgehead atoms. The molecule has 0 atom stereocenters. The Morgan fingerprint density at radius 3 is 3.00 bits per heavy atom. The van der Waals surface area contributed by atoms with E-state index in [-0.39, 0.29) is 0 Å². The van der Waals surface area contributed by atoms with E-state index in [0.29, 0.717) is 12.6 Å². The quantitative estimate of drug-likeness (QED) is 0.604. The number of rotatable bonds is 7. The number of aromatic nitrogens is 2. The standard InChI is InChI=1S/C14H21N3OS/c1-4-18-11-5-6-12-13(9-11)17-14(16-12)19-8-7-15-10(2)3/h5-6,9-10,15H,4,7-8H2,1-3H3,(H,16,17). The number of aromatic amines is 1. The van der Waals surface area contributed by atoms with E-state index in [4.69, 9.17) is 4.74 Å². The first-order valence-corrected chi connectivity index (χ1v) is 7.66. The lowest BCUT2D eigenvalue weighted by atomic mass is 10.3. The van der Waals surface area contributed by atoms with Crippen molar-refractivity contribution in [1.29, 1.82) is 0 Å². The van der Waals surface area contributed by atoms with Gasteiger partial charge in [-0.2, -0.15) is 0 Å². The molecule has 0 aliphatic carbocycles. The maximum atomic E-state index is 5.48. The van der Waals surface area contributed by atoms with Gasteiger partial charge in [-0.3, -0.25) is 0 Å². The van der Waals surface area contributed by atoms with Crippen LogP contribution in [0, 0.1) is 0 Å². The second-order valence-electron chi connectivity index (χ2n) is 4.61. The first-order chi connectivity index (χ1) is 9.19. The minimum atomic E-state index is 0.532. The molecule has 0 fully saturated rings. The van der Waals surface area contributed by atoms with Crippen molar-refractivity contribution in [3.05, 3.63) is 18.2 Å². The number of hydrogen-bond donors (Lipinski definition) is 2. The molecule has 104 valence electrons. The highest BCUT2D eigenvalue weighted by Gasteiger charge is 2.04. The number of thioether (sulfide) groups is 1. The molecule has 2 rings (SSSR count). The van der Waals surface area contributed by atoms with Crippen LogP contribution in [-0.2, 0) is 0 Å². The average Bonchev–Trinajstić information content (AvgIpc) is 2.77. The molecular weight excluding hydrogens is 258 g/mol. The zero-order valence-corrected chi connectivity index (χ0v) is 12.5. The third kappa shape index (κ3) is 4.14. The van der Waals surface area contributed by atoms with Crippen LogP contribution in [0.25, 0.3) is 11.0 Å². The SMILES string of the molecule is CCOc1ccc2nc(SCCNC(C)C)[nH]c2c1. The lowest BCUT2D eigenvalue weighted by molar-refractivity contribution is 0.340. The van der Waals surface area contributed by atoms with Gasteiger partial charge in [0.1, 0.15) is 5.75 Å². The molecule has 19 heavy (non-hydrogen) atoms. The Bertz CT molecular complexity index is 524. The van der Waals surface area contributed by atoms with Crippen LogP contribution in [-0.4, -0.2) is 34.9 Å². The topological polar surface area (TPSA) is 49.9 Å². The summed E-state index contributed by atoms with van der Waals surface area (Å²) in [6.45, 7) is 7.97. The highest BCUT2D eigenvalue weighted by Crippen LogP contribution is 2.23. The molecule has 0 saturated carbocycles. The normalized spacial score (nSPS) is 11.4. The molecule has 2 N–H and O–H groups in total. The van der Waals surface area contributed by atoms with E-state index in [1.54, 1.807) is 11.8 Å². The van der Waals surface area contributed by atoms with E-state index in [9.17, 15) is 0 Å². The van der Waals surface area contributed by atoms with Gasteiger partial charge in [0.05, 0.1) is 17.6 Å². The van der Waals surface area contributed by atoms with Gasteiger partial charge in [0.2, 0.25) is 0 Å². The molecule has 5 heteroatoms. The summed E-state index contributed by atoms with van der Waals surface area (Å²) in [4.78, 5) is 7.88. The zero-order valence-electron chi connectivity index (χ0n) is 11.7. The summed E-state index contributed by atoms with van der Waals surface area (Å²) in [5.41, 5.74) is 2.02. The number of nitrogens with zero attached hydrogens (tertiary/aromatic N) is 1. The summed E-state index contributed by atoms with van der Waals surface area (Å²) in [6.07, 6.45) is 0. The Morgan fingerprint density at radius 1 is 1.42 bits per heavy atom. The van der Waals surface area contributed by atoms with Gasteiger partial charge in [-0.25, -0.2) is 4.98 Å². The van der Waals surface area contributed by atoms with Crippen molar-refractivity contribution in [2.75, 3.05) is 18.9 Å². The van der Waals surface area contributed by atoms with Gasteiger partial charge in [0.15, 0.2) is 5.16 Å². The maximum Gasteiger partial charge on any atom is 0.166 e. The van der Waals surface area contributed by atoms with Crippen molar-refractivity contribution in [1.82, 2.24) is 15.3 Å². The molecule has 0 spiro atoms. The molecule has 4 nitrogen and oxygen atoms in total. The fourth-order valence-corrected chi connectivity index (χ4v) is 2.54. The van der Waals surface area contributed by atoms with Gasteiger partial charge in [0.25, 0.3) is 0 Å². The van der Waals surface area contributed by atoms with Crippen LogP contribution in [0.15, 0.2) is 23.4 Å². The van der Waals surface area contributed by atoms with Crippen molar-refractivity contribution in [2.45, 2.75) is 32.0 Å². The molecule has 0 amide bonds. The largest absolute Gasteiger partial charge is 0.494 e. The smallest absolute Gasteiger partial charge is 0.166 e. The second-order valence-corrected chi connectivity index (χ2v) is 5.69. The average molecular weight is 279 g/mol. The van der Waals surface area contributed by atoms with Crippen molar-refractivity contribution >= 4 is 22.8 Å². The van der Waals surface area contributed by atoms with E-state index in [1.807, 2.05) is 25.1 Å². The molecule has 0 saturated heterocycles. The summed E-state index contributed by atoms with van der Waals surface area (Å²) in [7, 11) is 0. The second kappa shape index (κ2) is 6.82. The Balaban J connectivity index is 1.96. The fraction of sp³-hybridized carbons (Fsp3) is 0.500. The van der Waals surface area contributed by atoms with Crippen molar-refractivity contribution in [2.24, 2.45) is 0 Å². The predicted octanol–water partition coefficient (Wildman–Crippen LogP) is 3.05. The molecular formula is C14H21N3OS. The van der Waals surface area contributed by atoms with Crippen LogP contribution in [0.5, 0.6) is 5.75 Å². The van der Waals surface area contributed by atoms with Crippen LogP contribution in [0.1, 0.15) is 20.8 Å². The Kier molecular flexibility index (Phi) is 5.10. The molecule has 1 aromatic heterocycles. The van der Waals surface area contributed by atoms with Gasteiger partial charge in [-0.1, -0.05) is 25.6 Å². The summed E-state index contributed by atoms with van der Waals surface area (Å²) in [6, 6.07) is 6.49. The molecule has 0 unspecified atom stereocenters. The van der Waals surface area contributed by atoms with Crippen LogP contribution < -0.4 is 10.1 Å². The maximum absolute atomic E-state index is 5.48. The lowest BCUT2D eigenvalue weighted by Crippen LogP contribution is -2.24. The Labute approximate surface area is 118 Å². The van der Waals surface area contributed by atoms with Gasteiger partial charge >= 0.3 is 0 Å². The molecule has 1 aromatic carbocycles. The summed E-state index contributed by atoms with van der Waals surface area (Å²) >= 11 is 1.74. The number of hydrogen-bond acceptors (Lipinski definition) is 4. The van der Waals surface area contributed by atoms with E-state index in [0.717, 1.165) is 34.2 Å². The number of fused-ring (bicyclic) bond motifs is 1. The van der Waals surface area contributed by atoms with Crippen LogP contribution in [0.4, 0.5) is 0 Å². The zero-order chi connectivity index (χ0) is 13.7. The third-order valence-electron chi connectivity index (χ3n) is 2.64. The molecule has 0 radical (unpaired) electrons. The van der Waals surface area contributed by atoms with E-state index in [2.05, 4.69) is 29.1 Å². The van der Waals surface area contributed by atoms with Gasteiger partial charge in [-0.05, 0) is 19.1 Å². The Hall–Kier alpha value is -1.20. The van der Waals surface area contributed by atoms with Crippen molar-refractivity contribution in [3.63, 3.8) is 0 Å². The molecule has 0 aliphatic rings. The molecule has 2 aromatic rings. The summed E-state index contributed by atoms with van der Waals surface area (Å²) < 4.78 is 5.48. The van der Waals surface area contributed by atoms with Crippen LogP contribution in [0.3, 0.4) is 0 Å². The number of benzene rings is 1. The van der Waals surface area contributed by atoms with E-state index in [1.165, 1.54) is 0 Å². The number of nitrogens with one attached hydrogen (secondary N) is 2. The highest BCUT2D eigenvalue weighted by atomic mass is 32.2. The highest BCUT2D eigenvalue weighted by molar-refractivity contribution is 7.99. The van der Waals surface area contributed by atoms with Gasteiger partial charge in [0, 0.05) is 24.4 Å². The summed E-state index contributed by atoms with van der Waals surface area (Å²) in [5, 5.41) is 4.36. The first-order valence-electron chi connectivity index (χ1n) is 6.67. The number of ether oxygens (including phenoxy) is 1. The predicted molar refractivity (Wildman–Crippen MR) is 81.1 cm³/mol. The molecule has 1 heterocycles. The van der Waals surface area contributed by atoms with Crippen molar-refractivity contribution in [3.8, 4) is 5.75 Å². The minimum absolute atomic E-state index is 0.532. The minimum Gasteiger partial charge on any atom is -0.494 e. The monoisotopic (exact) mass is 279 g/mol. The van der Waals surface area contributed by atoms with E-state index < -0.39 is 0 Å². The lowest BCUT2D eigenvalue weighted by Gasteiger charge is -2.05.